The molecule has 0 fully saturated rings. The van der Waals surface area contributed by atoms with Gasteiger partial charge in [-0.15, -0.1) is 0 Å². The molecule has 0 atom stereocenters. The zero-order valence-electron chi connectivity index (χ0n) is 20.5. The Labute approximate surface area is 212 Å². The van der Waals surface area contributed by atoms with E-state index in [0.717, 1.165) is 16.8 Å². The summed E-state index contributed by atoms with van der Waals surface area (Å²) in [4.78, 5) is 0. The fraction of sp³-hybridized carbons (Fsp3) is 0.0625. The molecule has 0 aliphatic carbocycles. The van der Waals surface area contributed by atoms with Crippen LogP contribution in [-0.2, 0) is 0 Å². The van der Waals surface area contributed by atoms with Crippen molar-refractivity contribution in [1.82, 2.24) is 0 Å². The molecule has 5 aromatic carbocycles. The maximum absolute atomic E-state index is 5.85. The van der Waals surface area contributed by atoms with Crippen molar-refractivity contribution in [3.8, 4) is 44.9 Å². The number of hydrogen-bond acceptors (Lipinski definition) is 4. The van der Waals surface area contributed by atoms with Gasteiger partial charge < -0.3 is 20.9 Å². The summed E-state index contributed by atoms with van der Waals surface area (Å²) in [6.45, 7) is 0. The Kier molecular flexibility index (Phi) is 7.89. The highest BCUT2D eigenvalue weighted by atomic mass is 16.5. The first-order valence-corrected chi connectivity index (χ1v) is 11.7. The van der Waals surface area contributed by atoms with Gasteiger partial charge in [0.2, 0.25) is 0 Å². The maximum atomic E-state index is 5.85. The largest absolute Gasteiger partial charge is 0.492 e. The van der Waals surface area contributed by atoms with Gasteiger partial charge >= 0.3 is 0 Å². The smallest absolute Gasteiger partial charge is 0.184 e. The second-order valence-corrected chi connectivity index (χ2v) is 8.20. The van der Waals surface area contributed by atoms with Crippen molar-refractivity contribution >= 4 is 11.4 Å². The first kappa shape index (κ1) is 24.4. The maximum Gasteiger partial charge on any atom is 0.184 e. The van der Waals surface area contributed by atoms with E-state index in [0.29, 0.717) is 17.2 Å². The normalized spacial score (nSPS) is 10.2. The summed E-state index contributed by atoms with van der Waals surface area (Å²) in [5.74, 6) is 1.18. The van der Waals surface area contributed by atoms with E-state index in [9.17, 15) is 0 Å². The van der Waals surface area contributed by atoms with Crippen molar-refractivity contribution in [3.63, 3.8) is 0 Å². The molecule has 4 N–H and O–H groups in total. The van der Waals surface area contributed by atoms with Crippen LogP contribution in [0.15, 0.2) is 121 Å². The van der Waals surface area contributed by atoms with Crippen LogP contribution in [0, 0.1) is 0 Å². The van der Waals surface area contributed by atoms with Crippen LogP contribution in [0.1, 0.15) is 0 Å². The van der Waals surface area contributed by atoms with E-state index in [2.05, 4.69) is 72.8 Å². The predicted octanol–water partition coefficient (Wildman–Crippen LogP) is 7.56. The van der Waals surface area contributed by atoms with Gasteiger partial charge in [-0.3, -0.25) is 0 Å². The van der Waals surface area contributed by atoms with Gasteiger partial charge in [-0.1, -0.05) is 97.1 Å². The van der Waals surface area contributed by atoms with Gasteiger partial charge in [0.15, 0.2) is 11.5 Å². The van der Waals surface area contributed by atoms with Crippen LogP contribution in [0.3, 0.4) is 0 Å². The van der Waals surface area contributed by atoms with Crippen molar-refractivity contribution in [2.24, 2.45) is 0 Å². The first-order chi connectivity index (χ1) is 17.6. The number of methoxy groups -OCH3 is 2. The number of nitrogens with two attached hydrogens (primary N) is 2. The summed E-state index contributed by atoms with van der Waals surface area (Å²) in [6.07, 6.45) is 0. The fourth-order valence-electron chi connectivity index (χ4n) is 4.00. The summed E-state index contributed by atoms with van der Waals surface area (Å²) in [5, 5.41) is 0. The summed E-state index contributed by atoms with van der Waals surface area (Å²) in [6, 6.07) is 40.9. The molecule has 0 saturated carbocycles. The number of benzene rings is 5. The molecule has 4 heteroatoms. The molecule has 5 rings (SSSR count). The topological polar surface area (TPSA) is 70.5 Å². The molecule has 0 saturated heterocycles. The molecule has 0 radical (unpaired) electrons. The number of rotatable bonds is 5. The highest BCUT2D eigenvalue weighted by molar-refractivity contribution is 5.79. The van der Waals surface area contributed by atoms with Crippen LogP contribution in [0.2, 0.25) is 0 Å². The molecule has 0 heterocycles. The third kappa shape index (κ3) is 5.68. The zero-order valence-corrected chi connectivity index (χ0v) is 20.5. The molecule has 5 aromatic rings. The minimum Gasteiger partial charge on any atom is -0.492 e. The molecule has 0 aromatic heterocycles. The molecule has 0 bridgehead atoms. The van der Waals surface area contributed by atoms with Crippen molar-refractivity contribution in [3.05, 3.63) is 121 Å². The molecule has 0 amide bonds. The van der Waals surface area contributed by atoms with Crippen LogP contribution in [0.5, 0.6) is 11.5 Å². The van der Waals surface area contributed by atoms with Gasteiger partial charge in [0.05, 0.1) is 19.9 Å². The lowest BCUT2D eigenvalue weighted by Crippen LogP contribution is -1.98. The number of anilines is 2. The lowest BCUT2D eigenvalue weighted by molar-refractivity contribution is 0.358. The van der Waals surface area contributed by atoms with E-state index in [1.165, 1.54) is 22.3 Å². The molecule has 0 aliphatic rings. The van der Waals surface area contributed by atoms with E-state index >= 15 is 0 Å². The second kappa shape index (κ2) is 11.6. The molecule has 180 valence electrons. The number of ether oxygens (including phenoxy) is 2. The molecule has 0 unspecified atom stereocenters. The van der Waals surface area contributed by atoms with Crippen molar-refractivity contribution in [2.45, 2.75) is 0 Å². The van der Waals surface area contributed by atoms with Crippen molar-refractivity contribution < 1.29 is 9.47 Å². The van der Waals surface area contributed by atoms with E-state index in [1.54, 1.807) is 20.3 Å². The monoisotopic (exact) mass is 474 g/mol. The zero-order chi connectivity index (χ0) is 25.3. The molecule has 4 nitrogen and oxygen atoms in total. The lowest BCUT2D eigenvalue weighted by atomic mass is 10.0. The van der Waals surface area contributed by atoms with E-state index in [4.69, 9.17) is 20.9 Å². The van der Waals surface area contributed by atoms with Gasteiger partial charge in [0.1, 0.15) is 0 Å². The highest BCUT2D eigenvalue weighted by Crippen LogP contribution is 2.41. The number of hydrogen-bond donors (Lipinski definition) is 2. The average Bonchev–Trinajstić information content (AvgIpc) is 2.95. The Hall–Kier alpha value is -4.70. The standard InChI is InChI=1S/C18H14.C14H16N2O2/c1-3-7-15(8-4-1)17-11-13-18(14-12-17)16-9-5-2-6-10-16;1-17-13-11(7-8-12(16)14(13)18-2)9-3-5-10(15)6-4-9/h1-14H;3-8H,15-16H2,1-2H3. The number of nitrogen functional groups attached to an aromatic ring is 2. The van der Waals surface area contributed by atoms with Crippen molar-refractivity contribution in [2.75, 3.05) is 25.7 Å². The summed E-state index contributed by atoms with van der Waals surface area (Å²) >= 11 is 0. The first-order valence-electron chi connectivity index (χ1n) is 11.7. The van der Waals surface area contributed by atoms with Crippen LogP contribution >= 0.6 is 0 Å². The Morgan fingerprint density at radius 1 is 0.417 bits per heavy atom. The average molecular weight is 475 g/mol. The van der Waals surface area contributed by atoms with Crippen LogP contribution < -0.4 is 20.9 Å². The minimum absolute atomic E-state index is 0.548. The summed E-state index contributed by atoms with van der Waals surface area (Å²) < 4.78 is 10.7. The lowest BCUT2D eigenvalue weighted by Gasteiger charge is -2.14. The molecule has 0 spiro atoms. The third-order valence-electron chi connectivity index (χ3n) is 5.87. The minimum atomic E-state index is 0.548. The van der Waals surface area contributed by atoms with Crippen LogP contribution in [-0.4, -0.2) is 14.2 Å². The Morgan fingerprint density at radius 3 is 1.28 bits per heavy atom. The van der Waals surface area contributed by atoms with E-state index in [1.807, 2.05) is 42.5 Å². The predicted molar refractivity (Wildman–Crippen MR) is 151 cm³/mol. The summed E-state index contributed by atoms with van der Waals surface area (Å²) in [7, 11) is 3.17. The van der Waals surface area contributed by atoms with Gasteiger partial charge in [-0.25, -0.2) is 0 Å². The second-order valence-electron chi connectivity index (χ2n) is 8.20. The van der Waals surface area contributed by atoms with E-state index < -0.39 is 0 Å². The quantitative estimate of drug-likeness (QED) is 0.258. The van der Waals surface area contributed by atoms with Gasteiger partial charge in [-0.05, 0) is 52.1 Å². The SMILES string of the molecule is COc1c(N)ccc(-c2ccc(N)cc2)c1OC.c1ccc(-c2ccc(-c3ccccc3)cc2)cc1. The van der Waals surface area contributed by atoms with Gasteiger partial charge in [0.25, 0.3) is 0 Å². The Bertz CT molecular complexity index is 1320. The molecule has 36 heavy (non-hydrogen) atoms. The Balaban J connectivity index is 0.000000169. The van der Waals surface area contributed by atoms with Crippen LogP contribution in [0.4, 0.5) is 11.4 Å². The van der Waals surface area contributed by atoms with E-state index in [-0.39, 0.29) is 0 Å². The third-order valence-corrected chi connectivity index (χ3v) is 5.87. The van der Waals surface area contributed by atoms with Gasteiger partial charge in [-0.2, -0.15) is 0 Å². The summed E-state index contributed by atoms with van der Waals surface area (Å²) in [5.41, 5.74) is 19.8. The molecular formula is C32H30N2O2. The molecule has 0 aliphatic heterocycles. The molecular weight excluding hydrogens is 444 g/mol. The van der Waals surface area contributed by atoms with Crippen molar-refractivity contribution in [1.29, 1.82) is 0 Å². The highest BCUT2D eigenvalue weighted by Gasteiger charge is 2.14. The Morgan fingerprint density at radius 2 is 0.833 bits per heavy atom. The van der Waals surface area contributed by atoms with Crippen LogP contribution in [0.25, 0.3) is 33.4 Å². The van der Waals surface area contributed by atoms with Gasteiger partial charge in [0, 0.05) is 11.3 Å². The fourth-order valence-corrected chi connectivity index (χ4v) is 4.00.